The van der Waals surface area contributed by atoms with Crippen LogP contribution in [-0.2, 0) is 0 Å². The van der Waals surface area contributed by atoms with Gasteiger partial charge in [-0.05, 0) is 12.1 Å². The molecular formula is C17H16N4OS. The molecule has 1 aromatic carbocycles. The smallest absolute Gasteiger partial charge is 0.272 e. The summed E-state index contributed by atoms with van der Waals surface area (Å²) in [5.74, 6) is 0.00884. The molecule has 0 bridgehead atoms. The Kier molecular flexibility index (Phi) is 3.67. The van der Waals surface area contributed by atoms with E-state index >= 15 is 0 Å². The largest absolute Gasteiger partial charge is 0.345 e. The average molecular weight is 324 g/mol. The zero-order valence-corrected chi connectivity index (χ0v) is 13.4. The van der Waals surface area contributed by atoms with Crippen molar-refractivity contribution < 1.29 is 4.79 Å². The van der Waals surface area contributed by atoms with Crippen LogP contribution in [0.2, 0.25) is 0 Å². The highest BCUT2D eigenvalue weighted by Gasteiger charge is 2.24. The zero-order chi connectivity index (χ0) is 15.6. The second kappa shape index (κ2) is 5.96. The first-order valence-electron chi connectivity index (χ1n) is 7.61. The maximum absolute atomic E-state index is 12.7. The maximum Gasteiger partial charge on any atom is 0.272 e. The average Bonchev–Trinajstić information content (AvgIpc) is 3.15. The van der Waals surface area contributed by atoms with Crippen LogP contribution in [0.4, 0.5) is 5.13 Å². The lowest BCUT2D eigenvalue weighted by molar-refractivity contribution is 0.0741. The van der Waals surface area contributed by atoms with E-state index in [1.165, 1.54) is 0 Å². The summed E-state index contributed by atoms with van der Waals surface area (Å²) in [4.78, 5) is 25.6. The topological polar surface area (TPSA) is 49.3 Å². The van der Waals surface area contributed by atoms with Crippen LogP contribution in [0.1, 0.15) is 10.5 Å². The fraction of sp³-hybridized carbons (Fsp3) is 0.235. The summed E-state index contributed by atoms with van der Waals surface area (Å²) < 4.78 is 0. The minimum atomic E-state index is 0.00884. The number of hydrogen-bond acceptors (Lipinski definition) is 5. The summed E-state index contributed by atoms with van der Waals surface area (Å²) in [5.41, 5.74) is 1.38. The first-order chi connectivity index (χ1) is 11.3. The van der Waals surface area contributed by atoms with Gasteiger partial charge in [-0.3, -0.25) is 4.79 Å². The molecule has 1 aliphatic heterocycles. The molecule has 3 aromatic rings. The van der Waals surface area contributed by atoms with E-state index in [4.69, 9.17) is 0 Å². The number of carbonyl (C=O) groups is 1. The summed E-state index contributed by atoms with van der Waals surface area (Å²) in [6, 6.07) is 11.6. The Morgan fingerprint density at radius 2 is 1.87 bits per heavy atom. The molecule has 0 unspecified atom stereocenters. The van der Waals surface area contributed by atoms with Crippen LogP contribution in [-0.4, -0.2) is 47.0 Å². The van der Waals surface area contributed by atoms with Crippen molar-refractivity contribution in [3.8, 4) is 0 Å². The van der Waals surface area contributed by atoms with E-state index in [-0.39, 0.29) is 5.91 Å². The second-order valence-electron chi connectivity index (χ2n) is 5.48. The molecule has 3 heterocycles. The molecule has 4 rings (SSSR count). The molecule has 5 nitrogen and oxygen atoms in total. The predicted molar refractivity (Wildman–Crippen MR) is 92.0 cm³/mol. The summed E-state index contributed by atoms with van der Waals surface area (Å²) in [7, 11) is 0. The number of anilines is 1. The molecule has 1 saturated heterocycles. The van der Waals surface area contributed by atoms with Gasteiger partial charge in [0.05, 0.1) is 5.52 Å². The van der Waals surface area contributed by atoms with Gasteiger partial charge in [-0.25, -0.2) is 9.97 Å². The molecule has 0 spiro atoms. The molecule has 1 fully saturated rings. The van der Waals surface area contributed by atoms with Crippen LogP contribution in [0.15, 0.2) is 48.0 Å². The Balaban J connectivity index is 1.48. The molecule has 116 valence electrons. The van der Waals surface area contributed by atoms with E-state index in [2.05, 4.69) is 14.9 Å². The van der Waals surface area contributed by atoms with Crippen LogP contribution in [0.25, 0.3) is 10.9 Å². The molecule has 0 radical (unpaired) electrons. The quantitative estimate of drug-likeness (QED) is 0.727. The first kappa shape index (κ1) is 14.1. The summed E-state index contributed by atoms with van der Waals surface area (Å²) in [6.07, 6.45) is 1.82. The van der Waals surface area contributed by atoms with Gasteiger partial charge in [-0.2, -0.15) is 0 Å². The number of fused-ring (bicyclic) bond motifs is 1. The third-order valence-corrected chi connectivity index (χ3v) is 4.91. The number of pyridine rings is 1. The molecule has 6 heteroatoms. The number of rotatable bonds is 2. The van der Waals surface area contributed by atoms with Crippen LogP contribution in [0.3, 0.4) is 0 Å². The SMILES string of the molecule is O=C(c1ccc2ccccc2n1)N1CCN(c2nccs2)CC1. The Labute approximate surface area is 138 Å². The molecule has 1 amide bonds. The molecule has 2 aromatic heterocycles. The first-order valence-corrected chi connectivity index (χ1v) is 8.49. The predicted octanol–water partition coefficient (Wildman–Crippen LogP) is 2.65. The number of benzene rings is 1. The van der Waals surface area contributed by atoms with Crippen molar-refractivity contribution in [3.05, 3.63) is 53.7 Å². The van der Waals surface area contributed by atoms with Gasteiger partial charge in [0.2, 0.25) is 0 Å². The van der Waals surface area contributed by atoms with Crippen molar-refractivity contribution in [2.75, 3.05) is 31.1 Å². The Morgan fingerprint density at radius 3 is 2.65 bits per heavy atom. The number of aromatic nitrogens is 2. The van der Waals surface area contributed by atoms with Crippen molar-refractivity contribution in [1.29, 1.82) is 0 Å². The van der Waals surface area contributed by atoms with Gasteiger partial charge in [0.15, 0.2) is 5.13 Å². The molecule has 0 atom stereocenters. The van der Waals surface area contributed by atoms with E-state index in [0.29, 0.717) is 18.8 Å². The molecular weight excluding hydrogens is 308 g/mol. The van der Waals surface area contributed by atoms with Crippen molar-refractivity contribution in [1.82, 2.24) is 14.9 Å². The highest BCUT2D eigenvalue weighted by atomic mass is 32.1. The van der Waals surface area contributed by atoms with Crippen LogP contribution in [0.5, 0.6) is 0 Å². The van der Waals surface area contributed by atoms with E-state index < -0.39 is 0 Å². The van der Waals surface area contributed by atoms with Gasteiger partial charge < -0.3 is 9.80 Å². The van der Waals surface area contributed by atoms with E-state index in [1.54, 1.807) is 11.3 Å². The fourth-order valence-electron chi connectivity index (χ4n) is 2.82. The monoisotopic (exact) mass is 324 g/mol. The van der Waals surface area contributed by atoms with E-state index in [1.807, 2.05) is 52.9 Å². The van der Waals surface area contributed by atoms with Gasteiger partial charge in [0, 0.05) is 43.1 Å². The zero-order valence-electron chi connectivity index (χ0n) is 12.6. The number of nitrogens with zero attached hydrogens (tertiary/aromatic N) is 4. The van der Waals surface area contributed by atoms with Gasteiger partial charge in [-0.15, -0.1) is 11.3 Å². The maximum atomic E-state index is 12.7. The Bertz CT molecular complexity index is 825. The number of amides is 1. The Hall–Kier alpha value is -2.47. The van der Waals surface area contributed by atoms with Crippen molar-refractivity contribution in [2.24, 2.45) is 0 Å². The molecule has 1 aliphatic rings. The van der Waals surface area contributed by atoms with Crippen LogP contribution >= 0.6 is 11.3 Å². The summed E-state index contributed by atoms with van der Waals surface area (Å²) in [5, 5.41) is 4.06. The number of carbonyl (C=O) groups excluding carboxylic acids is 1. The minimum absolute atomic E-state index is 0.00884. The van der Waals surface area contributed by atoms with Crippen molar-refractivity contribution in [2.45, 2.75) is 0 Å². The third kappa shape index (κ3) is 2.77. The standard InChI is InChI=1S/C17H16N4OS/c22-16(15-6-5-13-3-1-2-4-14(13)19-15)20-8-10-21(11-9-20)17-18-7-12-23-17/h1-7,12H,8-11H2. The lowest BCUT2D eigenvalue weighted by atomic mass is 10.2. The molecule has 23 heavy (non-hydrogen) atoms. The van der Waals surface area contributed by atoms with Crippen molar-refractivity contribution in [3.63, 3.8) is 0 Å². The van der Waals surface area contributed by atoms with Gasteiger partial charge in [0.1, 0.15) is 5.69 Å². The van der Waals surface area contributed by atoms with Gasteiger partial charge in [0.25, 0.3) is 5.91 Å². The van der Waals surface area contributed by atoms with Crippen LogP contribution < -0.4 is 4.90 Å². The number of para-hydroxylation sites is 1. The normalized spacial score (nSPS) is 15.1. The van der Waals surface area contributed by atoms with Gasteiger partial charge >= 0.3 is 0 Å². The molecule has 0 saturated carbocycles. The highest BCUT2D eigenvalue weighted by Crippen LogP contribution is 2.20. The number of thiazole rings is 1. The number of piperazine rings is 1. The minimum Gasteiger partial charge on any atom is -0.345 e. The lowest BCUT2D eigenvalue weighted by Gasteiger charge is -2.34. The summed E-state index contributed by atoms with van der Waals surface area (Å²) in [6.45, 7) is 3.03. The van der Waals surface area contributed by atoms with Crippen molar-refractivity contribution >= 4 is 33.3 Å². The number of hydrogen-bond donors (Lipinski definition) is 0. The van der Waals surface area contributed by atoms with Crippen LogP contribution in [0, 0.1) is 0 Å². The van der Waals surface area contributed by atoms with E-state index in [0.717, 1.165) is 29.1 Å². The highest BCUT2D eigenvalue weighted by molar-refractivity contribution is 7.13. The van der Waals surface area contributed by atoms with E-state index in [9.17, 15) is 4.79 Å². The Morgan fingerprint density at radius 1 is 1.04 bits per heavy atom. The fourth-order valence-corrected chi connectivity index (χ4v) is 3.52. The third-order valence-electron chi connectivity index (χ3n) is 4.07. The summed E-state index contributed by atoms with van der Waals surface area (Å²) >= 11 is 1.64. The molecule has 0 aliphatic carbocycles. The lowest BCUT2D eigenvalue weighted by Crippen LogP contribution is -2.49. The second-order valence-corrected chi connectivity index (χ2v) is 6.36. The van der Waals surface area contributed by atoms with Gasteiger partial charge in [-0.1, -0.05) is 24.3 Å². The molecule has 0 N–H and O–H groups in total.